The van der Waals surface area contributed by atoms with Crippen molar-refractivity contribution in [3.8, 4) is 5.75 Å². The van der Waals surface area contributed by atoms with Crippen LogP contribution < -0.4 is 10.5 Å². The summed E-state index contributed by atoms with van der Waals surface area (Å²) in [4.78, 5) is 0. The van der Waals surface area contributed by atoms with Gasteiger partial charge in [-0.3, -0.25) is 0 Å². The molecule has 1 aromatic carbocycles. The van der Waals surface area contributed by atoms with Crippen molar-refractivity contribution in [2.24, 2.45) is 23.5 Å². The van der Waals surface area contributed by atoms with Gasteiger partial charge in [0.25, 0.3) is 0 Å². The molecule has 1 saturated carbocycles. The standard InChI is InChI=1S/C18H29NO/c1-5-20-16-9-7-15(8-10-16)18(19)12-14(4)6-11-17(18)13(2)3/h7-10,13-14,17H,5-6,11-12,19H2,1-4H3. The van der Waals surface area contributed by atoms with Crippen LogP contribution in [0, 0.1) is 17.8 Å². The number of ether oxygens (including phenoxy) is 1. The molecule has 3 atom stereocenters. The first-order valence-electron chi connectivity index (χ1n) is 7.99. The van der Waals surface area contributed by atoms with E-state index in [0.29, 0.717) is 24.4 Å². The first-order chi connectivity index (χ1) is 9.47. The third-order valence-corrected chi connectivity index (χ3v) is 4.83. The highest BCUT2D eigenvalue weighted by Crippen LogP contribution is 2.45. The zero-order valence-electron chi connectivity index (χ0n) is 13.4. The van der Waals surface area contributed by atoms with E-state index in [9.17, 15) is 0 Å². The van der Waals surface area contributed by atoms with Gasteiger partial charge in [-0.05, 0) is 55.2 Å². The average molecular weight is 275 g/mol. The second-order valence-electron chi connectivity index (χ2n) is 6.73. The lowest BCUT2D eigenvalue weighted by Crippen LogP contribution is -2.50. The van der Waals surface area contributed by atoms with Gasteiger partial charge in [0, 0.05) is 5.54 Å². The van der Waals surface area contributed by atoms with Crippen molar-refractivity contribution in [1.29, 1.82) is 0 Å². The predicted molar refractivity (Wildman–Crippen MR) is 84.8 cm³/mol. The summed E-state index contributed by atoms with van der Waals surface area (Å²) in [6, 6.07) is 8.45. The zero-order valence-corrected chi connectivity index (χ0v) is 13.4. The van der Waals surface area contributed by atoms with Gasteiger partial charge in [0.1, 0.15) is 5.75 Å². The fourth-order valence-corrected chi connectivity index (χ4v) is 3.84. The molecular formula is C18H29NO. The molecule has 2 rings (SSSR count). The van der Waals surface area contributed by atoms with Crippen molar-refractivity contribution in [2.75, 3.05) is 6.61 Å². The number of benzene rings is 1. The first-order valence-corrected chi connectivity index (χ1v) is 7.99. The summed E-state index contributed by atoms with van der Waals surface area (Å²) in [5, 5.41) is 0. The Morgan fingerprint density at radius 1 is 1.25 bits per heavy atom. The Morgan fingerprint density at radius 2 is 1.90 bits per heavy atom. The van der Waals surface area contributed by atoms with Crippen LogP contribution in [0.2, 0.25) is 0 Å². The number of nitrogens with two attached hydrogens (primary N) is 1. The second kappa shape index (κ2) is 6.17. The minimum Gasteiger partial charge on any atom is -0.494 e. The molecule has 1 aliphatic rings. The van der Waals surface area contributed by atoms with Gasteiger partial charge >= 0.3 is 0 Å². The molecule has 1 fully saturated rings. The van der Waals surface area contributed by atoms with Crippen LogP contribution in [0.4, 0.5) is 0 Å². The lowest BCUT2D eigenvalue weighted by molar-refractivity contribution is 0.108. The van der Waals surface area contributed by atoms with Gasteiger partial charge in [-0.1, -0.05) is 39.3 Å². The van der Waals surface area contributed by atoms with Crippen LogP contribution in [-0.4, -0.2) is 6.61 Å². The van der Waals surface area contributed by atoms with Crippen molar-refractivity contribution >= 4 is 0 Å². The molecule has 0 spiro atoms. The van der Waals surface area contributed by atoms with Gasteiger partial charge in [-0.2, -0.15) is 0 Å². The van der Waals surface area contributed by atoms with Gasteiger partial charge < -0.3 is 10.5 Å². The summed E-state index contributed by atoms with van der Waals surface area (Å²) in [5.41, 5.74) is 7.98. The highest BCUT2D eigenvalue weighted by atomic mass is 16.5. The number of rotatable bonds is 4. The molecule has 2 nitrogen and oxygen atoms in total. The van der Waals surface area contributed by atoms with Gasteiger partial charge in [-0.25, -0.2) is 0 Å². The highest BCUT2D eigenvalue weighted by Gasteiger charge is 2.42. The molecule has 0 saturated heterocycles. The van der Waals surface area contributed by atoms with E-state index in [1.165, 1.54) is 18.4 Å². The van der Waals surface area contributed by atoms with Crippen molar-refractivity contribution in [2.45, 2.75) is 52.5 Å². The van der Waals surface area contributed by atoms with Crippen molar-refractivity contribution in [3.05, 3.63) is 29.8 Å². The van der Waals surface area contributed by atoms with Crippen LogP contribution in [0.5, 0.6) is 5.75 Å². The molecule has 2 N–H and O–H groups in total. The molecule has 1 aromatic rings. The van der Waals surface area contributed by atoms with E-state index in [1.54, 1.807) is 0 Å². The molecule has 1 aliphatic carbocycles. The molecule has 0 heterocycles. The molecular weight excluding hydrogens is 246 g/mol. The maximum atomic E-state index is 6.90. The lowest BCUT2D eigenvalue weighted by atomic mass is 9.63. The Labute approximate surface area is 123 Å². The van der Waals surface area contributed by atoms with E-state index >= 15 is 0 Å². The van der Waals surface area contributed by atoms with Crippen LogP contribution in [0.3, 0.4) is 0 Å². The topological polar surface area (TPSA) is 35.2 Å². The van der Waals surface area contributed by atoms with E-state index in [2.05, 4.69) is 45.0 Å². The SMILES string of the molecule is CCOc1ccc(C2(N)CC(C)CCC2C(C)C)cc1. The summed E-state index contributed by atoms with van der Waals surface area (Å²) >= 11 is 0. The molecule has 3 unspecified atom stereocenters. The van der Waals surface area contributed by atoms with Crippen LogP contribution in [-0.2, 0) is 5.54 Å². The summed E-state index contributed by atoms with van der Waals surface area (Å²) in [5.74, 6) is 2.84. The number of hydrogen-bond acceptors (Lipinski definition) is 2. The van der Waals surface area contributed by atoms with Crippen LogP contribution in [0.15, 0.2) is 24.3 Å². The predicted octanol–water partition coefficient (Wildman–Crippen LogP) is 4.33. The average Bonchev–Trinajstić information content (AvgIpc) is 2.39. The summed E-state index contributed by atoms with van der Waals surface area (Å²) < 4.78 is 5.54. The van der Waals surface area contributed by atoms with Gasteiger partial charge in [-0.15, -0.1) is 0 Å². The Balaban J connectivity index is 2.29. The van der Waals surface area contributed by atoms with Crippen molar-refractivity contribution < 1.29 is 4.74 Å². The molecule has 0 amide bonds. The molecule has 20 heavy (non-hydrogen) atoms. The van der Waals surface area contributed by atoms with Crippen LogP contribution >= 0.6 is 0 Å². The van der Waals surface area contributed by atoms with E-state index in [0.717, 1.165) is 12.2 Å². The number of hydrogen-bond donors (Lipinski definition) is 1. The third-order valence-electron chi connectivity index (χ3n) is 4.83. The van der Waals surface area contributed by atoms with Crippen molar-refractivity contribution in [1.82, 2.24) is 0 Å². The quantitative estimate of drug-likeness (QED) is 0.887. The fraction of sp³-hybridized carbons (Fsp3) is 0.667. The van der Waals surface area contributed by atoms with Gasteiger partial charge in [0.05, 0.1) is 6.61 Å². The monoisotopic (exact) mass is 275 g/mol. The molecule has 0 aromatic heterocycles. The minimum absolute atomic E-state index is 0.184. The Morgan fingerprint density at radius 3 is 2.45 bits per heavy atom. The molecule has 0 radical (unpaired) electrons. The van der Waals surface area contributed by atoms with E-state index in [4.69, 9.17) is 10.5 Å². The Bertz CT molecular complexity index is 426. The second-order valence-corrected chi connectivity index (χ2v) is 6.73. The minimum atomic E-state index is -0.184. The van der Waals surface area contributed by atoms with E-state index < -0.39 is 0 Å². The van der Waals surface area contributed by atoms with Crippen LogP contribution in [0.1, 0.15) is 52.5 Å². The molecule has 0 bridgehead atoms. The molecule has 0 aliphatic heterocycles. The molecule has 2 heteroatoms. The summed E-state index contributed by atoms with van der Waals surface area (Å²) in [7, 11) is 0. The maximum Gasteiger partial charge on any atom is 0.119 e. The van der Waals surface area contributed by atoms with Crippen molar-refractivity contribution in [3.63, 3.8) is 0 Å². The lowest BCUT2D eigenvalue weighted by Gasteiger charge is -2.46. The summed E-state index contributed by atoms with van der Waals surface area (Å²) in [6.45, 7) is 9.65. The first kappa shape index (κ1) is 15.4. The van der Waals surface area contributed by atoms with Crippen LogP contribution in [0.25, 0.3) is 0 Å². The Hall–Kier alpha value is -1.02. The van der Waals surface area contributed by atoms with Gasteiger partial charge in [0.15, 0.2) is 0 Å². The zero-order chi connectivity index (χ0) is 14.8. The largest absolute Gasteiger partial charge is 0.494 e. The highest BCUT2D eigenvalue weighted by molar-refractivity contribution is 5.33. The van der Waals surface area contributed by atoms with Gasteiger partial charge in [0.2, 0.25) is 0 Å². The Kier molecular flexibility index (Phi) is 4.74. The normalized spacial score (nSPS) is 30.5. The molecule has 112 valence electrons. The smallest absolute Gasteiger partial charge is 0.119 e. The maximum absolute atomic E-state index is 6.90. The van der Waals surface area contributed by atoms with E-state index in [-0.39, 0.29) is 5.54 Å². The van der Waals surface area contributed by atoms with E-state index in [1.807, 2.05) is 6.92 Å². The third kappa shape index (κ3) is 3.01. The fourth-order valence-electron chi connectivity index (χ4n) is 3.84. The summed E-state index contributed by atoms with van der Waals surface area (Å²) in [6.07, 6.45) is 3.63.